The van der Waals surface area contributed by atoms with Gasteiger partial charge in [-0.2, -0.15) is 13.2 Å². The van der Waals surface area contributed by atoms with Gasteiger partial charge in [0.2, 0.25) is 0 Å². The molecule has 2 atom stereocenters. The van der Waals surface area contributed by atoms with Gasteiger partial charge in [0.05, 0.1) is 10.5 Å². The van der Waals surface area contributed by atoms with Gasteiger partial charge in [-0.05, 0) is 36.4 Å². The van der Waals surface area contributed by atoms with E-state index in [0.717, 1.165) is 6.07 Å². The van der Waals surface area contributed by atoms with Crippen LogP contribution in [0.5, 0.6) is 0 Å². The monoisotopic (exact) mass is 260 g/mol. The van der Waals surface area contributed by atoms with Crippen LogP contribution in [0.1, 0.15) is 23.5 Å². The van der Waals surface area contributed by atoms with Gasteiger partial charge in [-0.3, -0.25) is 10.1 Å². The summed E-state index contributed by atoms with van der Waals surface area (Å²) in [5, 5.41) is 10.6. The highest BCUT2D eigenvalue weighted by atomic mass is 19.4. The average molecular weight is 260 g/mol. The van der Waals surface area contributed by atoms with Crippen LogP contribution in [0.2, 0.25) is 0 Å². The SMILES string of the molecule is NCC1CC1c1cc([N+](=O)[O-])cc(C(F)(F)F)c1. The van der Waals surface area contributed by atoms with Crippen LogP contribution in [0.15, 0.2) is 18.2 Å². The number of rotatable bonds is 3. The number of hydrogen-bond donors (Lipinski definition) is 1. The van der Waals surface area contributed by atoms with E-state index in [-0.39, 0.29) is 11.8 Å². The van der Waals surface area contributed by atoms with Crippen LogP contribution in [-0.4, -0.2) is 11.5 Å². The molecule has 1 fully saturated rings. The molecule has 18 heavy (non-hydrogen) atoms. The largest absolute Gasteiger partial charge is 0.416 e. The van der Waals surface area contributed by atoms with Crippen LogP contribution in [0.25, 0.3) is 0 Å². The van der Waals surface area contributed by atoms with E-state index in [1.807, 2.05) is 0 Å². The maximum absolute atomic E-state index is 12.6. The molecule has 1 aliphatic carbocycles. The molecule has 1 aliphatic rings. The Morgan fingerprint density at radius 1 is 1.39 bits per heavy atom. The van der Waals surface area contributed by atoms with Gasteiger partial charge in [-0.25, -0.2) is 0 Å². The molecule has 0 aliphatic heterocycles. The zero-order valence-electron chi connectivity index (χ0n) is 9.28. The summed E-state index contributed by atoms with van der Waals surface area (Å²) < 4.78 is 37.9. The number of alkyl halides is 3. The molecule has 0 spiro atoms. The topological polar surface area (TPSA) is 69.2 Å². The van der Waals surface area contributed by atoms with Crippen molar-refractivity contribution >= 4 is 5.69 Å². The van der Waals surface area contributed by atoms with E-state index < -0.39 is 22.4 Å². The first-order chi connectivity index (χ1) is 8.32. The third-order valence-corrected chi connectivity index (χ3v) is 3.13. The molecule has 1 aromatic carbocycles. The molecule has 2 N–H and O–H groups in total. The minimum absolute atomic E-state index is 0.0870. The fraction of sp³-hybridized carbons (Fsp3) is 0.455. The Morgan fingerprint density at radius 2 is 2.06 bits per heavy atom. The number of nitro benzene ring substituents is 1. The van der Waals surface area contributed by atoms with Crippen LogP contribution in [0.4, 0.5) is 18.9 Å². The second kappa shape index (κ2) is 4.24. The lowest BCUT2D eigenvalue weighted by molar-refractivity contribution is -0.385. The number of non-ortho nitro benzene ring substituents is 1. The summed E-state index contributed by atoms with van der Waals surface area (Å²) in [5.41, 5.74) is 4.28. The van der Waals surface area contributed by atoms with E-state index in [9.17, 15) is 23.3 Å². The molecule has 2 rings (SSSR count). The van der Waals surface area contributed by atoms with Crippen LogP contribution >= 0.6 is 0 Å². The van der Waals surface area contributed by atoms with Gasteiger partial charge in [0.25, 0.3) is 5.69 Å². The number of nitrogens with two attached hydrogens (primary N) is 1. The summed E-state index contributed by atoms with van der Waals surface area (Å²) in [5.74, 6) is 0.0455. The van der Waals surface area contributed by atoms with Crippen molar-refractivity contribution in [3.8, 4) is 0 Å². The first-order valence-electron chi connectivity index (χ1n) is 5.39. The smallest absolute Gasteiger partial charge is 0.330 e. The summed E-state index contributed by atoms with van der Waals surface area (Å²) in [4.78, 5) is 9.83. The van der Waals surface area contributed by atoms with Gasteiger partial charge < -0.3 is 5.73 Å². The standard InChI is InChI=1S/C11H11F3N2O2/c12-11(13,14)8-1-6(10-3-7(10)5-15)2-9(4-8)16(17)18/h1-2,4,7,10H,3,5,15H2. The van der Waals surface area contributed by atoms with Crippen molar-refractivity contribution in [3.05, 3.63) is 39.4 Å². The lowest BCUT2D eigenvalue weighted by Gasteiger charge is -2.09. The van der Waals surface area contributed by atoms with Gasteiger partial charge in [-0.15, -0.1) is 0 Å². The third kappa shape index (κ3) is 2.45. The van der Waals surface area contributed by atoms with Gasteiger partial charge in [-0.1, -0.05) is 0 Å². The van der Waals surface area contributed by atoms with Crippen molar-refractivity contribution in [1.29, 1.82) is 0 Å². The van der Waals surface area contributed by atoms with E-state index in [2.05, 4.69) is 0 Å². The highest BCUT2D eigenvalue weighted by Crippen LogP contribution is 2.48. The minimum Gasteiger partial charge on any atom is -0.330 e. The third-order valence-electron chi connectivity index (χ3n) is 3.13. The number of halogens is 3. The van der Waals surface area contributed by atoms with Crippen molar-refractivity contribution in [2.75, 3.05) is 6.54 Å². The second-order valence-corrected chi connectivity index (χ2v) is 4.41. The molecule has 1 saturated carbocycles. The van der Waals surface area contributed by atoms with E-state index in [1.165, 1.54) is 6.07 Å². The number of nitrogens with zero attached hydrogens (tertiary/aromatic N) is 1. The summed E-state index contributed by atoms with van der Waals surface area (Å²) in [6, 6.07) is 2.74. The fourth-order valence-corrected chi connectivity index (χ4v) is 2.03. The Labute approximate surface area is 101 Å². The maximum Gasteiger partial charge on any atom is 0.416 e. The second-order valence-electron chi connectivity index (χ2n) is 4.41. The van der Waals surface area contributed by atoms with Gasteiger partial charge in [0.15, 0.2) is 0 Å². The molecule has 0 amide bonds. The Kier molecular flexibility index (Phi) is 3.02. The molecule has 4 nitrogen and oxygen atoms in total. The van der Waals surface area contributed by atoms with Crippen LogP contribution in [0.3, 0.4) is 0 Å². The van der Waals surface area contributed by atoms with Crippen molar-refractivity contribution in [2.45, 2.75) is 18.5 Å². The number of nitro groups is 1. The number of hydrogen-bond acceptors (Lipinski definition) is 3. The predicted octanol–water partition coefficient (Wildman–Crippen LogP) is 2.68. The quantitative estimate of drug-likeness (QED) is 0.671. The highest BCUT2D eigenvalue weighted by Gasteiger charge is 2.40. The van der Waals surface area contributed by atoms with Crippen molar-refractivity contribution in [2.24, 2.45) is 11.7 Å². The zero-order chi connectivity index (χ0) is 13.5. The van der Waals surface area contributed by atoms with Crippen LogP contribution in [-0.2, 0) is 6.18 Å². The lowest BCUT2D eigenvalue weighted by atomic mass is 10.0. The normalized spacial score (nSPS) is 22.9. The summed E-state index contributed by atoms with van der Waals surface area (Å²) in [6.07, 6.45) is -3.89. The Bertz CT molecular complexity index is 488. The minimum atomic E-state index is -4.58. The highest BCUT2D eigenvalue weighted by molar-refractivity contribution is 5.43. The predicted molar refractivity (Wildman–Crippen MR) is 58.0 cm³/mol. The summed E-state index contributed by atoms with van der Waals surface area (Å²) in [6.45, 7) is 0.384. The van der Waals surface area contributed by atoms with Gasteiger partial charge >= 0.3 is 6.18 Å². The summed E-state index contributed by atoms with van der Waals surface area (Å²) >= 11 is 0. The van der Waals surface area contributed by atoms with E-state index in [1.54, 1.807) is 0 Å². The Morgan fingerprint density at radius 3 is 2.50 bits per heavy atom. The van der Waals surface area contributed by atoms with Crippen LogP contribution < -0.4 is 5.73 Å². The zero-order valence-corrected chi connectivity index (χ0v) is 9.28. The molecular formula is C11H11F3N2O2. The molecule has 0 heterocycles. The molecule has 0 aromatic heterocycles. The molecule has 0 saturated heterocycles. The molecule has 0 bridgehead atoms. The molecule has 0 radical (unpaired) electrons. The van der Waals surface area contributed by atoms with E-state index >= 15 is 0 Å². The lowest BCUT2D eigenvalue weighted by Crippen LogP contribution is -2.07. The molecule has 7 heteroatoms. The van der Waals surface area contributed by atoms with Crippen molar-refractivity contribution in [1.82, 2.24) is 0 Å². The van der Waals surface area contributed by atoms with E-state index in [0.29, 0.717) is 24.6 Å². The maximum atomic E-state index is 12.6. The summed E-state index contributed by atoms with van der Waals surface area (Å²) in [7, 11) is 0. The first kappa shape index (κ1) is 12.8. The number of benzene rings is 1. The van der Waals surface area contributed by atoms with E-state index in [4.69, 9.17) is 5.73 Å². The molecule has 1 aromatic rings. The Hall–Kier alpha value is -1.63. The average Bonchev–Trinajstić information content (AvgIpc) is 3.06. The molecular weight excluding hydrogens is 249 g/mol. The first-order valence-corrected chi connectivity index (χ1v) is 5.39. The molecule has 98 valence electrons. The van der Waals surface area contributed by atoms with Crippen LogP contribution in [0, 0.1) is 16.0 Å². The van der Waals surface area contributed by atoms with Gasteiger partial charge in [0, 0.05) is 12.1 Å². The fourth-order valence-electron chi connectivity index (χ4n) is 2.03. The van der Waals surface area contributed by atoms with Crippen molar-refractivity contribution < 1.29 is 18.1 Å². The van der Waals surface area contributed by atoms with Gasteiger partial charge in [0.1, 0.15) is 0 Å². The Balaban J connectivity index is 2.41. The van der Waals surface area contributed by atoms with Crippen molar-refractivity contribution in [3.63, 3.8) is 0 Å². The molecule has 2 unspecified atom stereocenters.